The zero-order valence-electron chi connectivity index (χ0n) is 24.8. The maximum absolute atomic E-state index is 14.2. The van der Waals surface area contributed by atoms with E-state index in [-0.39, 0.29) is 0 Å². The molecule has 0 bridgehead atoms. The summed E-state index contributed by atoms with van der Waals surface area (Å²) < 4.78 is 33.7. The van der Waals surface area contributed by atoms with Crippen LogP contribution in [0, 0.1) is 0 Å². The van der Waals surface area contributed by atoms with E-state index in [1.807, 2.05) is 36.7 Å². The zero-order chi connectivity index (χ0) is 28.0. The monoisotopic (exact) mass is 544 g/mol. The van der Waals surface area contributed by atoms with Gasteiger partial charge in [0.2, 0.25) is 0 Å². The van der Waals surface area contributed by atoms with Crippen LogP contribution in [0.2, 0.25) is 0 Å². The number of halogens is 2. The fourth-order valence-electron chi connectivity index (χ4n) is 4.92. The molecule has 0 radical (unpaired) electrons. The van der Waals surface area contributed by atoms with Crippen LogP contribution in [0.25, 0.3) is 11.4 Å². The third kappa shape index (κ3) is 16.0. The number of ether oxygens (including phenoxy) is 1. The number of aryl methyl sites for hydroxylation is 1. The highest BCUT2D eigenvalue weighted by molar-refractivity contribution is 5.55. The van der Waals surface area contributed by atoms with Gasteiger partial charge in [-0.2, -0.15) is 0 Å². The molecule has 39 heavy (non-hydrogen) atoms. The molecule has 0 spiro atoms. The van der Waals surface area contributed by atoms with E-state index in [2.05, 4.69) is 23.8 Å². The van der Waals surface area contributed by atoms with Crippen molar-refractivity contribution >= 4 is 0 Å². The number of hydrogen-bond acceptors (Lipinski definition) is 3. The van der Waals surface area contributed by atoms with Crippen LogP contribution in [0.1, 0.15) is 135 Å². The smallest absolute Gasteiger partial charge is 0.159 e. The predicted octanol–water partition coefficient (Wildman–Crippen LogP) is 10.8. The summed E-state index contributed by atoms with van der Waals surface area (Å²) in [5.74, 6) is 1.42. The fraction of sp³-hybridized carbons (Fsp3) is 0.706. The van der Waals surface area contributed by atoms with Gasteiger partial charge < -0.3 is 4.74 Å². The second kappa shape index (κ2) is 21.7. The van der Waals surface area contributed by atoms with E-state index >= 15 is 0 Å². The number of benzene rings is 1. The van der Waals surface area contributed by atoms with Crippen molar-refractivity contribution in [1.29, 1.82) is 0 Å². The number of hydrogen-bond donors (Lipinski definition) is 0. The maximum Gasteiger partial charge on any atom is 0.159 e. The van der Waals surface area contributed by atoms with Gasteiger partial charge in [0.1, 0.15) is 18.1 Å². The van der Waals surface area contributed by atoms with E-state index in [1.165, 1.54) is 69.8 Å². The number of nitrogens with zero attached hydrogens (tertiary/aromatic N) is 2. The van der Waals surface area contributed by atoms with Gasteiger partial charge in [0, 0.05) is 24.4 Å². The van der Waals surface area contributed by atoms with Crippen molar-refractivity contribution in [2.75, 3.05) is 6.61 Å². The molecule has 0 fully saturated rings. The first-order valence-electron chi connectivity index (χ1n) is 15.9. The lowest BCUT2D eigenvalue weighted by atomic mass is 10.0. The summed E-state index contributed by atoms with van der Waals surface area (Å²) in [4.78, 5) is 9.12. The topological polar surface area (TPSA) is 35.0 Å². The molecule has 2 atom stereocenters. The average molecular weight is 545 g/mol. The van der Waals surface area contributed by atoms with E-state index in [0.717, 1.165) is 31.2 Å². The Labute approximate surface area is 237 Å². The first kappa shape index (κ1) is 33.2. The highest BCUT2D eigenvalue weighted by Crippen LogP contribution is 2.21. The second-order valence-corrected chi connectivity index (χ2v) is 11.1. The molecule has 0 aliphatic heterocycles. The van der Waals surface area contributed by atoms with Crippen molar-refractivity contribution in [3.05, 3.63) is 42.2 Å². The molecule has 2 aromatic rings. The van der Waals surface area contributed by atoms with Crippen LogP contribution >= 0.6 is 0 Å². The van der Waals surface area contributed by atoms with Crippen molar-refractivity contribution in [3.8, 4) is 17.1 Å². The quantitative estimate of drug-likeness (QED) is 0.123. The van der Waals surface area contributed by atoms with Gasteiger partial charge in [0.05, 0.1) is 6.61 Å². The molecule has 0 saturated heterocycles. The van der Waals surface area contributed by atoms with Crippen LogP contribution in [0.15, 0.2) is 36.7 Å². The standard InChI is InChI=1S/C34H54F2N2O/c1-3-5-7-8-9-10-11-12-13-15-17-29-27-37-34(38-28-29)30-21-23-33(24-22-30)39-26-25-32(36)20-16-19-31(35)18-14-6-4-2/h21-24,27-28,31-32H,3-20,25-26H2,1-2H3. The Morgan fingerprint density at radius 3 is 1.74 bits per heavy atom. The minimum atomic E-state index is -0.945. The third-order valence-corrected chi connectivity index (χ3v) is 7.49. The molecule has 3 nitrogen and oxygen atoms in total. The van der Waals surface area contributed by atoms with Crippen molar-refractivity contribution < 1.29 is 13.5 Å². The average Bonchev–Trinajstić information content (AvgIpc) is 2.95. The van der Waals surface area contributed by atoms with Crippen molar-refractivity contribution in [2.45, 2.75) is 148 Å². The summed E-state index contributed by atoms with van der Waals surface area (Å²) in [6.45, 7) is 4.70. The molecule has 1 heterocycles. The molecule has 0 saturated carbocycles. The molecule has 5 heteroatoms. The Hall–Kier alpha value is -2.04. The van der Waals surface area contributed by atoms with Gasteiger partial charge in [-0.3, -0.25) is 0 Å². The molecule has 1 aromatic carbocycles. The van der Waals surface area contributed by atoms with Crippen LogP contribution < -0.4 is 4.74 Å². The first-order valence-corrected chi connectivity index (χ1v) is 15.9. The largest absolute Gasteiger partial charge is 0.493 e. The van der Waals surface area contributed by atoms with Crippen LogP contribution in [0.5, 0.6) is 5.75 Å². The predicted molar refractivity (Wildman–Crippen MR) is 161 cm³/mol. The van der Waals surface area contributed by atoms with E-state index in [9.17, 15) is 8.78 Å². The molecule has 2 rings (SSSR count). The molecule has 2 unspecified atom stereocenters. The van der Waals surface area contributed by atoms with E-state index in [0.29, 0.717) is 50.3 Å². The lowest BCUT2D eigenvalue weighted by Gasteiger charge is -2.11. The van der Waals surface area contributed by atoms with Gasteiger partial charge in [-0.1, -0.05) is 90.9 Å². The van der Waals surface area contributed by atoms with E-state index in [1.54, 1.807) is 0 Å². The van der Waals surface area contributed by atoms with Crippen molar-refractivity contribution in [1.82, 2.24) is 9.97 Å². The van der Waals surface area contributed by atoms with Crippen molar-refractivity contribution in [3.63, 3.8) is 0 Å². The Balaban J connectivity index is 1.57. The SMILES string of the molecule is CCCCCCCCCCCCc1cnc(-c2ccc(OCCC(F)CCCC(F)CCCCC)cc2)nc1. The Kier molecular flexibility index (Phi) is 18.5. The summed E-state index contributed by atoms with van der Waals surface area (Å²) in [5.41, 5.74) is 2.13. The summed E-state index contributed by atoms with van der Waals surface area (Å²) in [7, 11) is 0. The van der Waals surface area contributed by atoms with Gasteiger partial charge in [0.15, 0.2) is 5.82 Å². The minimum Gasteiger partial charge on any atom is -0.493 e. The summed E-state index contributed by atoms with van der Waals surface area (Å²) in [6.07, 6.45) is 22.1. The van der Waals surface area contributed by atoms with E-state index in [4.69, 9.17) is 4.74 Å². The lowest BCUT2D eigenvalue weighted by molar-refractivity contribution is 0.212. The van der Waals surface area contributed by atoms with Crippen molar-refractivity contribution in [2.24, 2.45) is 0 Å². The summed E-state index contributed by atoms with van der Waals surface area (Å²) >= 11 is 0. The van der Waals surface area contributed by atoms with Crippen LogP contribution in [0.3, 0.4) is 0 Å². The van der Waals surface area contributed by atoms with Crippen LogP contribution in [0.4, 0.5) is 8.78 Å². The van der Waals surface area contributed by atoms with Gasteiger partial charge >= 0.3 is 0 Å². The Bertz CT molecular complexity index is 828. The third-order valence-electron chi connectivity index (χ3n) is 7.49. The molecule has 0 aliphatic rings. The lowest BCUT2D eigenvalue weighted by Crippen LogP contribution is -2.09. The van der Waals surface area contributed by atoms with Crippen LogP contribution in [-0.4, -0.2) is 28.9 Å². The summed E-state index contributed by atoms with van der Waals surface area (Å²) in [6, 6.07) is 7.65. The minimum absolute atomic E-state index is 0.320. The Morgan fingerprint density at radius 2 is 1.13 bits per heavy atom. The number of alkyl halides is 2. The number of rotatable bonds is 24. The molecular weight excluding hydrogens is 490 g/mol. The first-order chi connectivity index (χ1) is 19.1. The summed E-state index contributed by atoms with van der Waals surface area (Å²) in [5, 5.41) is 0. The normalized spacial score (nSPS) is 12.9. The molecule has 0 amide bonds. The Morgan fingerprint density at radius 1 is 0.615 bits per heavy atom. The molecule has 0 N–H and O–H groups in total. The molecule has 1 aromatic heterocycles. The highest BCUT2D eigenvalue weighted by atomic mass is 19.1. The van der Waals surface area contributed by atoms with Gasteiger partial charge in [-0.05, 0) is 68.4 Å². The van der Waals surface area contributed by atoms with Gasteiger partial charge in [-0.25, -0.2) is 18.7 Å². The van der Waals surface area contributed by atoms with Gasteiger partial charge in [0.25, 0.3) is 0 Å². The number of unbranched alkanes of at least 4 members (excludes halogenated alkanes) is 11. The number of aromatic nitrogens is 2. The maximum atomic E-state index is 14.2. The second-order valence-electron chi connectivity index (χ2n) is 11.1. The zero-order valence-corrected chi connectivity index (χ0v) is 24.8. The molecule has 0 aliphatic carbocycles. The highest BCUT2D eigenvalue weighted by Gasteiger charge is 2.11. The molecule has 220 valence electrons. The van der Waals surface area contributed by atoms with Crippen LogP contribution in [-0.2, 0) is 6.42 Å². The van der Waals surface area contributed by atoms with Gasteiger partial charge in [-0.15, -0.1) is 0 Å². The van der Waals surface area contributed by atoms with E-state index < -0.39 is 12.3 Å². The molecular formula is C34H54F2N2O. The fourth-order valence-corrected chi connectivity index (χ4v) is 4.92.